The number of aromatic nitrogens is 2. The van der Waals surface area contributed by atoms with Gasteiger partial charge >= 0.3 is 11.7 Å². The maximum atomic E-state index is 12.3. The molecule has 3 rings (SSSR count). The number of nitrogens with zero attached hydrogens (tertiary/aromatic N) is 2. The van der Waals surface area contributed by atoms with E-state index in [9.17, 15) is 19.5 Å². The van der Waals surface area contributed by atoms with Crippen LogP contribution in [0.15, 0.2) is 57.0 Å². The fraction of sp³-hybridized carbons (Fsp3) is 0.182. The van der Waals surface area contributed by atoms with Crippen LogP contribution in [0.1, 0.15) is 23.6 Å². The molecule has 0 aliphatic heterocycles. The number of anilines is 1. The molecule has 2 amide bonds. The van der Waals surface area contributed by atoms with E-state index in [-0.39, 0.29) is 5.56 Å². The molecule has 0 fully saturated rings. The van der Waals surface area contributed by atoms with Crippen molar-refractivity contribution in [1.82, 2.24) is 9.55 Å². The van der Waals surface area contributed by atoms with Crippen molar-refractivity contribution in [2.75, 3.05) is 11.9 Å². The van der Waals surface area contributed by atoms with Gasteiger partial charge in [0.1, 0.15) is 11.3 Å². The molecule has 31 heavy (non-hydrogen) atoms. The second-order valence-electron chi connectivity index (χ2n) is 6.69. The minimum atomic E-state index is -0.868. The summed E-state index contributed by atoms with van der Waals surface area (Å²) < 4.78 is 6.26. The molecule has 0 spiro atoms. The third-order valence-electron chi connectivity index (χ3n) is 4.68. The number of carbonyl (C=O) groups is 1. The Morgan fingerprint density at radius 1 is 1.19 bits per heavy atom. The number of carbonyl (C=O) groups excluding carboxylic acids is 1. The van der Waals surface area contributed by atoms with E-state index in [0.29, 0.717) is 23.7 Å². The summed E-state index contributed by atoms with van der Waals surface area (Å²) in [6.07, 6.45) is 0.916. The Kier molecular flexibility index (Phi) is 6.35. The first-order valence-electron chi connectivity index (χ1n) is 9.54. The van der Waals surface area contributed by atoms with E-state index in [1.165, 1.54) is 0 Å². The number of nitrogens with one attached hydrogen (secondary N) is 2. The molecule has 0 saturated carbocycles. The first-order chi connectivity index (χ1) is 14.8. The second-order valence-corrected chi connectivity index (χ2v) is 6.69. The fourth-order valence-electron chi connectivity index (χ4n) is 2.91. The number of benzene rings is 2. The summed E-state index contributed by atoms with van der Waals surface area (Å²) in [5, 5.41) is 13.2. The minimum Gasteiger partial charge on any atom is -0.494 e. The molecule has 1 aromatic heterocycles. The molecule has 0 aliphatic carbocycles. The van der Waals surface area contributed by atoms with Gasteiger partial charge in [-0.2, -0.15) is 0 Å². The molecule has 160 valence electrons. The van der Waals surface area contributed by atoms with E-state index in [1.807, 2.05) is 26.8 Å². The lowest BCUT2D eigenvalue weighted by atomic mass is 10.1. The van der Waals surface area contributed by atoms with Crippen molar-refractivity contribution in [2.45, 2.75) is 20.8 Å². The van der Waals surface area contributed by atoms with Gasteiger partial charge in [0.25, 0.3) is 5.56 Å². The number of rotatable bonds is 5. The summed E-state index contributed by atoms with van der Waals surface area (Å²) in [5.74, 6) is -0.0469. The summed E-state index contributed by atoms with van der Waals surface area (Å²) >= 11 is 0. The van der Waals surface area contributed by atoms with E-state index < -0.39 is 23.2 Å². The maximum absolute atomic E-state index is 12.3. The Labute approximate surface area is 177 Å². The highest BCUT2D eigenvalue weighted by Gasteiger charge is 2.15. The van der Waals surface area contributed by atoms with Gasteiger partial charge in [-0.15, -0.1) is 0 Å². The monoisotopic (exact) mass is 422 g/mol. The lowest BCUT2D eigenvalue weighted by Crippen LogP contribution is -2.31. The first kappa shape index (κ1) is 21.6. The largest absolute Gasteiger partial charge is 0.494 e. The summed E-state index contributed by atoms with van der Waals surface area (Å²) in [7, 11) is 0. The molecular weight excluding hydrogens is 400 g/mol. The zero-order chi connectivity index (χ0) is 22.5. The van der Waals surface area contributed by atoms with Crippen molar-refractivity contribution in [1.29, 1.82) is 0 Å². The van der Waals surface area contributed by atoms with Crippen LogP contribution < -0.4 is 21.3 Å². The summed E-state index contributed by atoms with van der Waals surface area (Å²) in [6, 6.07) is 11.1. The van der Waals surface area contributed by atoms with Gasteiger partial charge in [-0.1, -0.05) is 12.1 Å². The predicted molar refractivity (Wildman–Crippen MR) is 118 cm³/mol. The number of ether oxygens (including phenoxy) is 1. The third kappa shape index (κ3) is 4.72. The van der Waals surface area contributed by atoms with Crippen molar-refractivity contribution in [3.63, 3.8) is 0 Å². The van der Waals surface area contributed by atoms with E-state index in [1.54, 1.807) is 36.4 Å². The average molecular weight is 422 g/mol. The second kappa shape index (κ2) is 9.12. The van der Waals surface area contributed by atoms with Gasteiger partial charge in [-0.05, 0) is 62.2 Å². The molecule has 0 unspecified atom stereocenters. The highest BCUT2D eigenvalue weighted by Crippen LogP contribution is 2.20. The van der Waals surface area contributed by atoms with Gasteiger partial charge in [-0.25, -0.2) is 19.1 Å². The van der Waals surface area contributed by atoms with E-state index in [4.69, 9.17) is 4.74 Å². The number of H-pyrrole nitrogens is 1. The van der Waals surface area contributed by atoms with Gasteiger partial charge in [-0.3, -0.25) is 9.78 Å². The van der Waals surface area contributed by atoms with E-state index in [0.717, 1.165) is 21.9 Å². The van der Waals surface area contributed by atoms with Gasteiger partial charge in [0.2, 0.25) is 5.88 Å². The molecule has 0 bridgehead atoms. The van der Waals surface area contributed by atoms with Crippen LogP contribution >= 0.6 is 0 Å². The van der Waals surface area contributed by atoms with Crippen molar-refractivity contribution >= 4 is 17.9 Å². The van der Waals surface area contributed by atoms with E-state index in [2.05, 4.69) is 15.3 Å². The van der Waals surface area contributed by atoms with Crippen LogP contribution in [0.25, 0.3) is 5.69 Å². The topological polar surface area (TPSA) is 126 Å². The molecule has 3 N–H and O–H groups in total. The molecule has 0 saturated heterocycles. The molecule has 9 heteroatoms. The van der Waals surface area contributed by atoms with Crippen molar-refractivity contribution < 1.29 is 14.6 Å². The molecule has 9 nitrogen and oxygen atoms in total. The first-order valence-corrected chi connectivity index (χ1v) is 9.54. The molecule has 0 atom stereocenters. The summed E-state index contributed by atoms with van der Waals surface area (Å²) in [4.78, 5) is 42.5. The van der Waals surface area contributed by atoms with Crippen LogP contribution in [-0.4, -0.2) is 33.5 Å². The van der Waals surface area contributed by atoms with Crippen LogP contribution in [0, 0.1) is 13.8 Å². The number of aromatic amines is 1. The predicted octanol–water partition coefficient (Wildman–Crippen LogP) is 2.90. The molecular formula is C22H22N4O5. The number of aryl methyl sites for hydroxylation is 1. The Balaban J connectivity index is 1.92. The van der Waals surface area contributed by atoms with Gasteiger partial charge in [0.15, 0.2) is 0 Å². The number of aromatic hydroxyl groups is 1. The molecule has 0 aliphatic rings. The Morgan fingerprint density at radius 3 is 2.58 bits per heavy atom. The SMILES string of the molecule is CCOc1ccc(-n2c(O)c(C=NC(=O)Nc3cccc(C)c3C)c(=O)[nH]c2=O)cc1. The van der Waals surface area contributed by atoms with E-state index >= 15 is 0 Å². The van der Waals surface area contributed by atoms with Gasteiger partial charge < -0.3 is 15.2 Å². The Hall–Kier alpha value is -4.14. The lowest BCUT2D eigenvalue weighted by molar-refractivity contribution is 0.259. The van der Waals surface area contributed by atoms with Crippen molar-refractivity contribution in [3.05, 3.63) is 80.0 Å². The standard InChI is InChI=1S/C22H22N4O5/c1-4-31-16-10-8-15(9-11-16)26-20(28)17(19(27)25-22(26)30)12-23-21(29)24-18-7-5-6-13(2)14(18)3/h5-12,28H,4H2,1-3H3,(H,24,29)(H,25,27,30). The zero-order valence-electron chi connectivity index (χ0n) is 17.3. The summed E-state index contributed by atoms with van der Waals surface area (Å²) in [6.45, 7) is 6.09. The molecule has 0 radical (unpaired) electrons. The Bertz CT molecular complexity index is 1260. The molecule has 2 aromatic carbocycles. The normalized spacial score (nSPS) is 10.9. The van der Waals surface area contributed by atoms with Gasteiger partial charge in [0, 0.05) is 5.69 Å². The van der Waals surface area contributed by atoms with Crippen molar-refractivity contribution in [2.24, 2.45) is 4.99 Å². The minimum absolute atomic E-state index is 0.302. The van der Waals surface area contributed by atoms with Crippen LogP contribution in [0.5, 0.6) is 11.6 Å². The Morgan fingerprint density at radius 2 is 1.90 bits per heavy atom. The fourth-order valence-corrected chi connectivity index (χ4v) is 2.91. The quantitative estimate of drug-likeness (QED) is 0.545. The summed E-state index contributed by atoms with van der Waals surface area (Å²) in [5.41, 5.74) is 0.742. The number of amides is 2. The van der Waals surface area contributed by atoms with Gasteiger partial charge in [0.05, 0.1) is 18.5 Å². The number of urea groups is 1. The number of aliphatic imine (C=N–C) groups is 1. The zero-order valence-corrected chi connectivity index (χ0v) is 17.3. The highest BCUT2D eigenvalue weighted by atomic mass is 16.5. The molecule has 1 heterocycles. The maximum Gasteiger partial charge on any atom is 0.345 e. The lowest BCUT2D eigenvalue weighted by Gasteiger charge is -2.10. The van der Waals surface area contributed by atoms with Crippen LogP contribution in [0.4, 0.5) is 10.5 Å². The molecule has 3 aromatic rings. The highest BCUT2D eigenvalue weighted by molar-refractivity contribution is 5.99. The third-order valence-corrected chi connectivity index (χ3v) is 4.68. The average Bonchev–Trinajstić information content (AvgIpc) is 2.72. The smallest absolute Gasteiger partial charge is 0.345 e. The number of hydrogen-bond donors (Lipinski definition) is 3. The number of hydrogen-bond acceptors (Lipinski definition) is 5. The van der Waals surface area contributed by atoms with Crippen LogP contribution in [-0.2, 0) is 0 Å². The van der Waals surface area contributed by atoms with Crippen LogP contribution in [0.2, 0.25) is 0 Å². The van der Waals surface area contributed by atoms with Crippen LogP contribution in [0.3, 0.4) is 0 Å². The van der Waals surface area contributed by atoms with Crippen molar-refractivity contribution in [3.8, 4) is 17.3 Å².